The molecule has 0 atom stereocenters. The van der Waals surface area contributed by atoms with Gasteiger partial charge in [-0.3, -0.25) is 0 Å². The first-order chi connectivity index (χ1) is 9.16. The Hall–Kier alpha value is -2.14. The van der Waals surface area contributed by atoms with Crippen molar-refractivity contribution in [2.24, 2.45) is 7.05 Å². The van der Waals surface area contributed by atoms with Gasteiger partial charge in [-0.2, -0.15) is 0 Å². The number of carbonyl (C=O) groups is 1. The van der Waals surface area contributed by atoms with Crippen LogP contribution < -0.4 is 5.32 Å². The molecule has 0 spiro atoms. The van der Waals surface area contributed by atoms with Crippen LogP contribution in [0.1, 0.15) is 21.7 Å². The lowest BCUT2D eigenvalue weighted by molar-refractivity contribution is 0.0697. The minimum absolute atomic E-state index is 0.316. The standard InChI is InChI=1S/C14H17N3O2/c1-17-9-8-16-13(17)6-7-15-10-11-2-4-12(5-3-11)14(18)19/h2-5,8-9,15H,6-7,10H2,1H3,(H,18,19). The van der Waals surface area contributed by atoms with Crippen molar-refractivity contribution < 1.29 is 9.90 Å². The topological polar surface area (TPSA) is 67.2 Å². The average Bonchev–Trinajstić information content (AvgIpc) is 2.81. The smallest absolute Gasteiger partial charge is 0.335 e. The maximum Gasteiger partial charge on any atom is 0.335 e. The van der Waals surface area contributed by atoms with Crippen LogP contribution in [0.3, 0.4) is 0 Å². The molecule has 2 N–H and O–H groups in total. The fraction of sp³-hybridized carbons (Fsp3) is 0.286. The van der Waals surface area contributed by atoms with E-state index in [0.717, 1.165) is 30.9 Å². The van der Waals surface area contributed by atoms with Crippen LogP contribution in [-0.4, -0.2) is 27.2 Å². The maximum absolute atomic E-state index is 10.7. The van der Waals surface area contributed by atoms with Crippen LogP contribution >= 0.6 is 0 Å². The first-order valence-electron chi connectivity index (χ1n) is 6.16. The van der Waals surface area contributed by atoms with Gasteiger partial charge in [0.05, 0.1) is 5.56 Å². The van der Waals surface area contributed by atoms with E-state index >= 15 is 0 Å². The summed E-state index contributed by atoms with van der Waals surface area (Å²) in [5, 5.41) is 12.1. The summed E-state index contributed by atoms with van der Waals surface area (Å²) >= 11 is 0. The highest BCUT2D eigenvalue weighted by atomic mass is 16.4. The molecule has 0 saturated carbocycles. The van der Waals surface area contributed by atoms with E-state index in [4.69, 9.17) is 5.11 Å². The Labute approximate surface area is 111 Å². The third-order valence-corrected chi connectivity index (χ3v) is 2.98. The highest BCUT2D eigenvalue weighted by Gasteiger charge is 2.02. The second kappa shape index (κ2) is 6.15. The number of benzene rings is 1. The lowest BCUT2D eigenvalue weighted by Crippen LogP contribution is -2.18. The Morgan fingerprint density at radius 2 is 2.11 bits per heavy atom. The summed E-state index contributed by atoms with van der Waals surface area (Å²) in [4.78, 5) is 15.0. The summed E-state index contributed by atoms with van der Waals surface area (Å²) in [6.45, 7) is 1.57. The van der Waals surface area contributed by atoms with Crippen molar-refractivity contribution in [3.8, 4) is 0 Å². The highest BCUT2D eigenvalue weighted by Crippen LogP contribution is 2.04. The number of nitrogens with one attached hydrogen (secondary N) is 1. The van der Waals surface area contributed by atoms with Gasteiger partial charge in [0.1, 0.15) is 5.82 Å². The van der Waals surface area contributed by atoms with E-state index in [9.17, 15) is 4.79 Å². The van der Waals surface area contributed by atoms with Crippen molar-refractivity contribution in [1.29, 1.82) is 0 Å². The van der Waals surface area contributed by atoms with Crippen molar-refractivity contribution >= 4 is 5.97 Å². The Kier molecular flexibility index (Phi) is 4.30. The van der Waals surface area contributed by atoms with E-state index in [1.807, 2.05) is 29.9 Å². The molecule has 0 fully saturated rings. The molecule has 2 rings (SSSR count). The fourth-order valence-corrected chi connectivity index (χ4v) is 1.84. The van der Waals surface area contributed by atoms with Gasteiger partial charge in [-0.1, -0.05) is 12.1 Å². The summed E-state index contributed by atoms with van der Waals surface area (Å²) in [6.07, 6.45) is 4.59. The molecule has 1 aromatic carbocycles. The lowest BCUT2D eigenvalue weighted by atomic mass is 10.1. The third kappa shape index (κ3) is 3.66. The Bertz CT molecular complexity index is 546. The van der Waals surface area contributed by atoms with Gasteiger partial charge in [0.15, 0.2) is 0 Å². The molecule has 1 heterocycles. The number of carboxylic acids is 1. The summed E-state index contributed by atoms with van der Waals surface area (Å²) < 4.78 is 2.00. The number of aromatic nitrogens is 2. The fourth-order valence-electron chi connectivity index (χ4n) is 1.84. The molecule has 5 heteroatoms. The molecule has 0 amide bonds. The molecule has 0 aliphatic carbocycles. The van der Waals surface area contributed by atoms with Crippen molar-refractivity contribution in [3.05, 3.63) is 53.6 Å². The van der Waals surface area contributed by atoms with E-state index in [1.54, 1.807) is 18.3 Å². The monoisotopic (exact) mass is 259 g/mol. The van der Waals surface area contributed by atoms with Gasteiger partial charge in [0, 0.05) is 39.0 Å². The average molecular weight is 259 g/mol. The highest BCUT2D eigenvalue weighted by molar-refractivity contribution is 5.87. The lowest BCUT2D eigenvalue weighted by Gasteiger charge is -2.05. The minimum Gasteiger partial charge on any atom is -0.478 e. The summed E-state index contributed by atoms with van der Waals surface area (Å²) in [5.41, 5.74) is 1.39. The molecule has 0 unspecified atom stereocenters. The predicted molar refractivity (Wildman–Crippen MR) is 72.0 cm³/mol. The zero-order valence-electron chi connectivity index (χ0n) is 10.8. The van der Waals surface area contributed by atoms with E-state index in [-0.39, 0.29) is 0 Å². The molecular formula is C14H17N3O2. The largest absolute Gasteiger partial charge is 0.478 e. The first kappa shape index (κ1) is 13.3. The van der Waals surface area contributed by atoms with E-state index in [1.165, 1.54) is 0 Å². The molecular weight excluding hydrogens is 242 g/mol. The normalized spacial score (nSPS) is 10.6. The summed E-state index contributed by atoms with van der Waals surface area (Å²) in [5.74, 6) is 0.156. The summed E-state index contributed by atoms with van der Waals surface area (Å²) in [7, 11) is 1.98. The Morgan fingerprint density at radius 3 is 2.68 bits per heavy atom. The van der Waals surface area contributed by atoms with Crippen molar-refractivity contribution in [1.82, 2.24) is 14.9 Å². The van der Waals surface area contributed by atoms with Gasteiger partial charge < -0.3 is 15.0 Å². The first-order valence-corrected chi connectivity index (χ1v) is 6.16. The number of rotatable bonds is 6. The Morgan fingerprint density at radius 1 is 1.37 bits per heavy atom. The molecule has 0 radical (unpaired) electrons. The second-order valence-corrected chi connectivity index (χ2v) is 4.38. The van der Waals surface area contributed by atoms with Gasteiger partial charge in [-0.25, -0.2) is 9.78 Å². The number of carboxylic acid groups (broad SMARTS) is 1. The Balaban J connectivity index is 1.76. The minimum atomic E-state index is -0.894. The van der Waals surface area contributed by atoms with Gasteiger partial charge in [0.25, 0.3) is 0 Å². The van der Waals surface area contributed by atoms with Crippen molar-refractivity contribution in [2.75, 3.05) is 6.54 Å². The van der Waals surface area contributed by atoms with Gasteiger partial charge in [-0.15, -0.1) is 0 Å². The van der Waals surface area contributed by atoms with Crippen LogP contribution in [0.25, 0.3) is 0 Å². The number of hydrogen-bond acceptors (Lipinski definition) is 3. The zero-order chi connectivity index (χ0) is 13.7. The molecule has 19 heavy (non-hydrogen) atoms. The number of nitrogens with zero attached hydrogens (tertiary/aromatic N) is 2. The number of hydrogen-bond donors (Lipinski definition) is 2. The van der Waals surface area contributed by atoms with E-state index in [2.05, 4.69) is 10.3 Å². The van der Waals surface area contributed by atoms with Crippen LogP contribution in [0.4, 0.5) is 0 Å². The van der Waals surface area contributed by atoms with Gasteiger partial charge in [-0.05, 0) is 17.7 Å². The van der Waals surface area contributed by atoms with Gasteiger partial charge in [0.2, 0.25) is 0 Å². The van der Waals surface area contributed by atoms with Crippen LogP contribution in [0.5, 0.6) is 0 Å². The van der Waals surface area contributed by atoms with Crippen molar-refractivity contribution in [3.63, 3.8) is 0 Å². The predicted octanol–water partition coefficient (Wildman–Crippen LogP) is 1.45. The molecule has 100 valence electrons. The number of aryl methyl sites for hydroxylation is 1. The number of imidazole rings is 1. The van der Waals surface area contributed by atoms with Crippen molar-refractivity contribution in [2.45, 2.75) is 13.0 Å². The van der Waals surface area contributed by atoms with Crippen LogP contribution in [0, 0.1) is 0 Å². The number of aromatic carboxylic acids is 1. The van der Waals surface area contributed by atoms with E-state index < -0.39 is 5.97 Å². The zero-order valence-corrected chi connectivity index (χ0v) is 10.8. The second-order valence-electron chi connectivity index (χ2n) is 4.38. The molecule has 1 aromatic heterocycles. The molecule has 2 aromatic rings. The summed E-state index contributed by atoms with van der Waals surface area (Å²) in [6, 6.07) is 6.91. The van der Waals surface area contributed by atoms with Crippen LogP contribution in [0.2, 0.25) is 0 Å². The molecule has 0 bridgehead atoms. The molecule has 0 aliphatic heterocycles. The maximum atomic E-state index is 10.7. The van der Waals surface area contributed by atoms with Gasteiger partial charge >= 0.3 is 5.97 Å². The third-order valence-electron chi connectivity index (χ3n) is 2.98. The van der Waals surface area contributed by atoms with E-state index in [0.29, 0.717) is 5.56 Å². The van der Waals surface area contributed by atoms with Crippen LogP contribution in [-0.2, 0) is 20.0 Å². The van der Waals surface area contributed by atoms with Crippen LogP contribution in [0.15, 0.2) is 36.7 Å². The quantitative estimate of drug-likeness (QED) is 0.771. The molecule has 0 aliphatic rings. The molecule has 5 nitrogen and oxygen atoms in total. The molecule has 0 saturated heterocycles. The SMILES string of the molecule is Cn1ccnc1CCNCc1ccc(C(=O)O)cc1.